The molecule has 1 aromatic carbocycles. The Morgan fingerprint density at radius 3 is 2.27 bits per heavy atom. The summed E-state index contributed by atoms with van der Waals surface area (Å²) in [6.07, 6.45) is 0.990. The van der Waals surface area contributed by atoms with Crippen molar-refractivity contribution < 1.29 is 14.3 Å². The Kier molecular flexibility index (Phi) is 6.63. The van der Waals surface area contributed by atoms with Crippen molar-refractivity contribution in [2.45, 2.75) is 19.8 Å². The van der Waals surface area contributed by atoms with Gasteiger partial charge in [-0.1, -0.05) is 29.8 Å². The largest absolute Gasteiger partial charge is 0.379 e. The van der Waals surface area contributed by atoms with Crippen LogP contribution in [0, 0.1) is 6.92 Å². The van der Waals surface area contributed by atoms with Crippen LogP contribution in [-0.4, -0.2) is 85.5 Å². The second-order valence-electron chi connectivity index (χ2n) is 7.13. The van der Waals surface area contributed by atoms with Gasteiger partial charge >= 0.3 is 0 Å². The van der Waals surface area contributed by atoms with Crippen LogP contribution in [0.15, 0.2) is 24.3 Å². The Labute approximate surface area is 155 Å². The molecule has 0 spiro atoms. The van der Waals surface area contributed by atoms with E-state index in [9.17, 15) is 9.59 Å². The van der Waals surface area contributed by atoms with Crippen molar-refractivity contribution >= 4 is 11.8 Å². The highest BCUT2D eigenvalue weighted by molar-refractivity contribution is 5.80. The molecule has 3 rings (SSSR count). The lowest BCUT2D eigenvalue weighted by atomic mass is 10.1. The molecule has 1 aromatic rings. The van der Waals surface area contributed by atoms with E-state index in [4.69, 9.17) is 4.74 Å². The van der Waals surface area contributed by atoms with E-state index in [1.165, 1.54) is 5.56 Å². The molecule has 0 unspecified atom stereocenters. The highest BCUT2D eigenvalue weighted by Gasteiger charge is 2.24. The predicted molar refractivity (Wildman–Crippen MR) is 99.9 cm³/mol. The van der Waals surface area contributed by atoms with E-state index in [0.29, 0.717) is 39.0 Å². The van der Waals surface area contributed by atoms with Gasteiger partial charge in [0.15, 0.2) is 0 Å². The molecule has 2 saturated heterocycles. The first-order valence-corrected chi connectivity index (χ1v) is 9.53. The van der Waals surface area contributed by atoms with Crippen molar-refractivity contribution in [2.75, 3.05) is 59.0 Å². The maximum atomic E-state index is 12.5. The molecule has 26 heavy (non-hydrogen) atoms. The van der Waals surface area contributed by atoms with E-state index in [0.717, 1.165) is 38.4 Å². The number of carbonyl (C=O) groups is 2. The zero-order valence-corrected chi connectivity index (χ0v) is 15.7. The Balaban J connectivity index is 1.40. The van der Waals surface area contributed by atoms with Gasteiger partial charge in [0.2, 0.25) is 11.8 Å². The summed E-state index contributed by atoms with van der Waals surface area (Å²) in [5.74, 6) is 0.346. The molecule has 0 bridgehead atoms. The average Bonchev–Trinajstić information content (AvgIpc) is 2.67. The summed E-state index contributed by atoms with van der Waals surface area (Å²) in [6.45, 7) is 8.73. The van der Waals surface area contributed by atoms with Crippen LogP contribution >= 0.6 is 0 Å². The van der Waals surface area contributed by atoms with E-state index in [1.54, 1.807) is 0 Å². The minimum Gasteiger partial charge on any atom is -0.379 e. The standard InChI is InChI=1S/C20H29N3O3/c1-17-3-2-4-18(15-17)16-20(25)23-9-7-22(8-10-23)19(24)5-6-21-11-13-26-14-12-21/h2-4,15H,5-14,16H2,1H3. The third kappa shape index (κ3) is 5.29. The smallest absolute Gasteiger partial charge is 0.227 e. The van der Waals surface area contributed by atoms with Gasteiger partial charge in [0.1, 0.15) is 0 Å². The third-order valence-electron chi connectivity index (χ3n) is 5.17. The number of benzene rings is 1. The highest BCUT2D eigenvalue weighted by atomic mass is 16.5. The first kappa shape index (κ1) is 18.9. The van der Waals surface area contributed by atoms with Crippen LogP contribution in [0.25, 0.3) is 0 Å². The first-order valence-electron chi connectivity index (χ1n) is 9.53. The van der Waals surface area contributed by atoms with Crippen molar-refractivity contribution in [2.24, 2.45) is 0 Å². The van der Waals surface area contributed by atoms with Crippen LogP contribution < -0.4 is 0 Å². The molecule has 2 heterocycles. The third-order valence-corrected chi connectivity index (χ3v) is 5.17. The van der Waals surface area contributed by atoms with E-state index >= 15 is 0 Å². The van der Waals surface area contributed by atoms with Crippen molar-refractivity contribution in [3.8, 4) is 0 Å². The minimum atomic E-state index is 0.149. The number of ether oxygens (including phenoxy) is 1. The number of hydrogen-bond donors (Lipinski definition) is 0. The Morgan fingerprint density at radius 1 is 0.962 bits per heavy atom. The van der Waals surface area contributed by atoms with Crippen molar-refractivity contribution in [1.82, 2.24) is 14.7 Å². The van der Waals surface area contributed by atoms with Gasteiger partial charge in [-0.3, -0.25) is 14.5 Å². The Bertz CT molecular complexity index is 620. The molecule has 2 fully saturated rings. The molecule has 2 aliphatic rings. The van der Waals surface area contributed by atoms with E-state index in [2.05, 4.69) is 11.0 Å². The number of carbonyl (C=O) groups excluding carboxylic acids is 2. The van der Waals surface area contributed by atoms with E-state index in [1.807, 2.05) is 34.9 Å². The van der Waals surface area contributed by atoms with E-state index < -0.39 is 0 Å². The topological polar surface area (TPSA) is 53.1 Å². The van der Waals surface area contributed by atoms with Crippen molar-refractivity contribution in [3.63, 3.8) is 0 Å². The van der Waals surface area contributed by atoms with Gasteiger partial charge in [-0.15, -0.1) is 0 Å². The molecule has 142 valence electrons. The van der Waals surface area contributed by atoms with Crippen LogP contribution in [0.1, 0.15) is 17.5 Å². The van der Waals surface area contributed by atoms with Crippen molar-refractivity contribution in [1.29, 1.82) is 0 Å². The quantitative estimate of drug-likeness (QED) is 0.785. The van der Waals surface area contributed by atoms with Gasteiger partial charge in [-0.2, -0.15) is 0 Å². The molecule has 0 aromatic heterocycles. The molecule has 0 aliphatic carbocycles. The van der Waals surface area contributed by atoms with Gasteiger partial charge in [-0.25, -0.2) is 0 Å². The lowest BCUT2D eigenvalue weighted by molar-refractivity contribution is -0.139. The Morgan fingerprint density at radius 2 is 1.62 bits per heavy atom. The first-order chi connectivity index (χ1) is 12.6. The summed E-state index contributed by atoms with van der Waals surface area (Å²) >= 11 is 0. The Hall–Kier alpha value is -1.92. The number of piperazine rings is 1. The minimum absolute atomic E-state index is 0.149. The summed E-state index contributed by atoms with van der Waals surface area (Å²) in [5.41, 5.74) is 2.23. The average molecular weight is 359 g/mol. The van der Waals surface area contributed by atoms with Gasteiger partial charge in [0, 0.05) is 52.2 Å². The van der Waals surface area contributed by atoms with Crippen molar-refractivity contribution in [3.05, 3.63) is 35.4 Å². The highest BCUT2D eigenvalue weighted by Crippen LogP contribution is 2.10. The molecule has 6 heteroatoms. The zero-order valence-electron chi connectivity index (χ0n) is 15.7. The fourth-order valence-electron chi connectivity index (χ4n) is 3.55. The number of nitrogens with zero attached hydrogens (tertiary/aromatic N) is 3. The number of rotatable bonds is 5. The maximum Gasteiger partial charge on any atom is 0.227 e. The molecular formula is C20H29N3O3. The lowest BCUT2D eigenvalue weighted by Crippen LogP contribution is -2.51. The van der Waals surface area contributed by atoms with Gasteiger partial charge in [0.05, 0.1) is 19.6 Å². The number of aryl methyl sites for hydroxylation is 1. The SMILES string of the molecule is Cc1cccc(CC(=O)N2CCN(C(=O)CCN3CCOCC3)CC2)c1. The van der Waals surface area contributed by atoms with Crippen LogP contribution in [-0.2, 0) is 20.7 Å². The summed E-state index contributed by atoms with van der Waals surface area (Å²) in [5, 5.41) is 0. The summed E-state index contributed by atoms with van der Waals surface area (Å²) in [6, 6.07) is 8.08. The predicted octanol–water partition coefficient (Wildman–Crippen LogP) is 0.931. The molecule has 2 aliphatic heterocycles. The second-order valence-corrected chi connectivity index (χ2v) is 7.13. The molecule has 0 atom stereocenters. The number of hydrogen-bond acceptors (Lipinski definition) is 4. The summed E-state index contributed by atoms with van der Waals surface area (Å²) < 4.78 is 5.33. The second kappa shape index (κ2) is 9.14. The van der Waals surface area contributed by atoms with Gasteiger partial charge in [0.25, 0.3) is 0 Å². The molecule has 0 radical (unpaired) electrons. The van der Waals surface area contributed by atoms with E-state index in [-0.39, 0.29) is 11.8 Å². The lowest BCUT2D eigenvalue weighted by Gasteiger charge is -2.35. The van der Waals surface area contributed by atoms with Crippen LogP contribution in [0.5, 0.6) is 0 Å². The van der Waals surface area contributed by atoms with Gasteiger partial charge < -0.3 is 14.5 Å². The zero-order chi connectivity index (χ0) is 18.4. The fraction of sp³-hybridized carbons (Fsp3) is 0.600. The van der Waals surface area contributed by atoms with Gasteiger partial charge in [-0.05, 0) is 12.5 Å². The summed E-state index contributed by atoms with van der Waals surface area (Å²) in [4.78, 5) is 31.0. The molecular weight excluding hydrogens is 330 g/mol. The van der Waals surface area contributed by atoms with Crippen LogP contribution in [0.2, 0.25) is 0 Å². The molecule has 0 N–H and O–H groups in total. The maximum absolute atomic E-state index is 12.5. The summed E-state index contributed by atoms with van der Waals surface area (Å²) in [7, 11) is 0. The van der Waals surface area contributed by atoms with Crippen LogP contribution in [0.3, 0.4) is 0 Å². The molecule has 6 nitrogen and oxygen atoms in total. The fourth-order valence-corrected chi connectivity index (χ4v) is 3.55. The van der Waals surface area contributed by atoms with Crippen LogP contribution in [0.4, 0.5) is 0 Å². The monoisotopic (exact) mass is 359 g/mol. The molecule has 0 saturated carbocycles. The molecule has 2 amide bonds. The number of morpholine rings is 1. The normalized spacial score (nSPS) is 18.8. The number of amides is 2.